The maximum Gasteiger partial charge on any atom is 0.331 e. The lowest BCUT2D eigenvalue weighted by Gasteiger charge is -2.52. The van der Waals surface area contributed by atoms with Crippen LogP contribution in [0.2, 0.25) is 0 Å². The Labute approximate surface area is 259 Å². The van der Waals surface area contributed by atoms with Gasteiger partial charge < -0.3 is 19.3 Å². The number of carbonyl (C=O) groups is 2. The van der Waals surface area contributed by atoms with Crippen molar-refractivity contribution in [3.05, 3.63) is 47.6 Å². The van der Waals surface area contributed by atoms with Crippen LogP contribution in [0.25, 0.3) is 0 Å². The maximum atomic E-state index is 14.7. The molecular weight excluding hydrogens is 540 g/mol. The van der Waals surface area contributed by atoms with Gasteiger partial charge in [0.1, 0.15) is 6.10 Å². The first-order valence-electron chi connectivity index (χ1n) is 16.8. The third-order valence-corrected chi connectivity index (χ3v) is 11.4. The number of hydrogen-bond donors (Lipinski definition) is 1. The third kappa shape index (κ3) is 5.55. The number of aliphatic hydroxyl groups is 1. The van der Waals surface area contributed by atoms with Gasteiger partial charge in [0.15, 0.2) is 23.3 Å². The number of fused-ring (bicyclic) bond motifs is 5. The molecule has 5 aliphatic rings. The van der Waals surface area contributed by atoms with Crippen LogP contribution in [-0.4, -0.2) is 47.1 Å². The predicted octanol–water partition coefficient (Wildman–Crippen LogP) is 7.42. The molecule has 2 bridgehead atoms. The quantitative estimate of drug-likeness (QED) is 0.0882. The number of Topliss-reactive ketones (excluding diaryl/α,β-unsaturated/α-hetero) is 1. The zero-order valence-corrected chi connectivity index (χ0v) is 27.5. The molecule has 6 heteroatoms. The highest BCUT2D eigenvalue weighted by atomic mass is 16.7. The summed E-state index contributed by atoms with van der Waals surface area (Å²) < 4.78 is 18.6. The van der Waals surface area contributed by atoms with Gasteiger partial charge >= 0.3 is 5.97 Å². The molecule has 1 saturated heterocycles. The fourth-order valence-electron chi connectivity index (χ4n) is 8.98. The number of ether oxygens (including phenoxy) is 3. The lowest BCUT2D eigenvalue weighted by atomic mass is 9.59. The van der Waals surface area contributed by atoms with Gasteiger partial charge in [0.05, 0.1) is 12.0 Å². The maximum absolute atomic E-state index is 14.7. The van der Waals surface area contributed by atoms with Gasteiger partial charge in [-0.15, -0.1) is 0 Å². The Morgan fingerprint density at radius 3 is 2.51 bits per heavy atom. The zero-order chi connectivity index (χ0) is 31.2. The molecule has 0 unspecified atom stereocenters. The van der Waals surface area contributed by atoms with Crippen LogP contribution in [0.3, 0.4) is 0 Å². The van der Waals surface area contributed by atoms with Gasteiger partial charge in [0.2, 0.25) is 0 Å². The summed E-state index contributed by atoms with van der Waals surface area (Å²) in [7, 11) is 0. The normalized spacial score (nSPS) is 38.9. The van der Waals surface area contributed by atoms with Crippen LogP contribution in [0.5, 0.6) is 0 Å². The average molecular weight is 595 g/mol. The van der Waals surface area contributed by atoms with E-state index in [9.17, 15) is 14.7 Å². The predicted molar refractivity (Wildman–Crippen MR) is 168 cm³/mol. The Kier molecular flexibility index (Phi) is 9.08. The van der Waals surface area contributed by atoms with Crippen LogP contribution < -0.4 is 0 Å². The van der Waals surface area contributed by atoms with Crippen LogP contribution in [0.4, 0.5) is 0 Å². The molecule has 5 rings (SSSR count). The molecule has 0 amide bonds. The fraction of sp³-hybridized carbons (Fsp3) is 0.730. The van der Waals surface area contributed by atoms with E-state index in [2.05, 4.69) is 33.8 Å². The molecular formula is C37H54O6. The number of esters is 1. The van der Waals surface area contributed by atoms with E-state index in [1.54, 1.807) is 6.08 Å². The molecule has 0 aromatic heterocycles. The molecule has 238 valence electrons. The summed E-state index contributed by atoms with van der Waals surface area (Å²) in [5, 5.41) is 13.0. The summed E-state index contributed by atoms with van der Waals surface area (Å²) in [5.41, 5.74) is -1.50. The minimum Gasteiger partial charge on any atom is -0.451 e. The summed E-state index contributed by atoms with van der Waals surface area (Å²) in [4.78, 5) is 27.9. The van der Waals surface area contributed by atoms with Crippen LogP contribution >= 0.6 is 0 Å². The fourth-order valence-corrected chi connectivity index (χ4v) is 8.98. The van der Waals surface area contributed by atoms with Gasteiger partial charge in [0.25, 0.3) is 0 Å². The van der Waals surface area contributed by atoms with Crippen molar-refractivity contribution in [2.24, 2.45) is 34.5 Å². The van der Waals surface area contributed by atoms with E-state index in [0.717, 1.165) is 24.8 Å². The van der Waals surface area contributed by atoms with Gasteiger partial charge in [-0.05, 0) is 74.3 Å². The molecule has 3 fully saturated rings. The van der Waals surface area contributed by atoms with Crippen molar-refractivity contribution in [2.45, 2.75) is 130 Å². The standard InChI is InChI=1S/C37H54O6/c1-8-9-10-11-12-13-14-15-16-17-18-19-29(38)42-32-24(2)22-36-25(3)20-28-30(34(28,4)5)27(31(36)39)21-26-23-41-35(6,7)43-33(26)37(32,36)40/h16-19,21-22,25,27-28,30,32-33,40H,8-15,20,23H2,1-7H3/b17-16-,19-18+/t25-,27+,28-,30+,32+,33-,36+,37-/m1/s1. The molecule has 1 spiro atoms. The summed E-state index contributed by atoms with van der Waals surface area (Å²) in [6.45, 7) is 14.6. The average Bonchev–Trinajstić information content (AvgIpc) is 3.44. The number of unbranched alkanes of at least 4 members (excludes halogenated alkanes) is 7. The van der Waals surface area contributed by atoms with E-state index >= 15 is 0 Å². The SMILES string of the molecule is CCCCCCCCC/C=C\C=C\C(=O)O[C@H]1C(C)=C[C@]23C(=O)[C@@H](C=C4COC(C)(C)O[C@H]4[C@]12O)[C@H]1[C@@H](C[C@H]3C)C1(C)C. The van der Waals surface area contributed by atoms with Crippen molar-refractivity contribution in [3.8, 4) is 0 Å². The highest BCUT2D eigenvalue weighted by molar-refractivity contribution is 5.95. The summed E-state index contributed by atoms with van der Waals surface area (Å²) in [6.07, 6.45) is 19.9. The van der Waals surface area contributed by atoms with E-state index in [4.69, 9.17) is 14.2 Å². The summed E-state index contributed by atoms with van der Waals surface area (Å²) in [5.74, 6) is -1.39. The summed E-state index contributed by atoms with van der Waals surface area (Å²) >= 11 is 0. The highest BCUT2D eigenvalue weighted by Crippen LogP contribution is 2.72. The van der Waals surface area contributed by atoms with Crippen molar-refractivity contribution in [1.29, 1.82) is 0 Å². The number of allylic oxidation sites excluding steroid dienone is 4. The lowest BCUT2D eigenvalue weighted by molar-refractivity contribution is -0.303. The van der Waals surface area contributed by atoms with Crippen molar-refractivity contribution < 1.29 is 28.9 Å². The van der Waals surface area contributed by atoms with Gasteiger partial charge in [0, 0.05) is 12.0 Å². The number of rotatable bonds is 11. The number of hydrogen-bond acceptors (Lipinski definition) is 6. The van der Waals surface area contributed by atoms with Crippen molar-refractivity contribution in [1.82, 2.24) is 0 Å². The second kappa shape index (κ2) is 12.1. The lowest BCUT2D eigenvalue weighted by Crippen LogP contribution is -2.68. The molecule has 0 aromatic carbocycles. The van der Waals surface area contributed by atoms with E-state index < -0.39 is 35.0 Å². The Morgan fingerprint density at radius 1 is 1.09 bits per heavy atom. The van der Waals surface area contributed by atoms with Gasteiger partial charge in [-0.2, -0.15) is 0 Å². The van der Waals surface area contributed by atoms with Crippen LogP contribution in [-0.2, 0) is 23.8 Å². The Bertz CT molecular complexity index is 1210. The second-order valence-corrected chi connectivity index (χ2v) is 15.0. The molecule has 6 nitrogen and oxygen atoms in total. The second-order valence-electron chi connectivity index (χ2n) is 15.0. The van der Waals surface area contributed by atoms with E-state index in [1.807, 2.05) is 39.0 Å². The monoisotopic (exact) mass is 594 g/mol. The first kappa shape index (κ1) is 32.4. The third-order valence-electron chi connectivity index (χ3n) is 11.4. The molecule has 1 aliphatic heterocycles. The zero-order valence-electron chi connectivity index (χ0n) is 27.5. The Morgan fingerprint density at radius 2 is 1.79 bits per heavy atom. The van der Waals surface area contributed by atoms with Crippen molar-refractivity contribution in [2.75, 3.05) is 6.61 Å². The van der Waals surface area contributed by atoms with Gasteiger partial charge in [-0.25, -0.2) is 4.79 Å². The number of ketones is 1. The molecule has 8 atom stereocenters. The number of carbonyl (C=O) groups excluding carboxylic acids is 2. The molecule has 0 aromatic rings. The summed E-state index contributed by atoms with van der Waals surface area (Å²) in [6, 6.07) is 0. The Balaban J connectivity index is 1.35. The first-order valence-corrected chi connectivity index (χ1v) is 16.8. The molecule has 43 heavy (non-hydrogen) atoms. The van der Waals surface area contributed by atoms with Crippen LogP contribution in [0, 0.1) is 34.5 Å². The minimum absolute atomic E-state index is 0.0191. The largest absolute Gasteiger partial charge is 0.451 e. The molecule has 1 heterocycles. The van der Waals surface area contributed by atoms with Crippen molar-refractivity contribution >= 4 is 11.8 Å². The van der Waals surface area contributed by atoms with E-state index in [1.165, 1.54) is 44.6 Å². The van der Waals surface area contributed by atoms with Gasteiger partial charge in [-0.3, -0.25) is 4.79 Å². The van der Waals surface area contributed by atoms with Crippen molar-refractivity contribution in [3.63, 3.8) is 0 Å². The van der Waals surface area contributed by atoms with Crippen LogP contribution in [0.15, 0.2) is 47.6 Å². The Hall–Kier alpha value is -2.02. The molecule has 0 radical (unpaired) electrons. The highest BCUT2D eigenvalue weighted by Gasteiger charge is 2.77. The smallest absolute Gasteiger partial charge is 0.331 e. The molecule has 1 N–H and O–H groups in total. The first-order chi connectivity index (χ1) is 20.3. The van der Waals surface area contributed by atoms with E-state index in [0.29, 0.717) is 11.5 Å². The molecule has 2 saturated carbocycles. The topological polar surface area (TPSA) is 82.1 Å². The van der Waals surface area contributed by atoms with E-state index in [-0.39, 0.29) is 35.6 Å². The molecule has 4 aliphatic carbocycles. The van der Waals surface area contributed by atoms with Crippen LogP contribution in [0.1, 0.15) is 106 Å². The van der Waals surface area contributed by atoms with Gasteiger partial charge in [-0.1, -0.05) is 96.6 Å². The minimum atomic E-state index is -1.79.